The van der Waals surface area contributed by atoms with Crippen molar-refractivity contribution in [1.29, 1.82) is 0 Å². The highest BCUT2D eigenvalue weighted by Gasteiger charge is 2.20. The van der Waals surface area contributed by atoms with Gasteiger partial charge in [-0.05, 0) is 18.7 Å². The molecule has 2 amide bonds. The van der Waals surface area contributed by atoms with Crippen LogP contribution in [-0.2, 0) is 4.79 Å². The Labute approximate surface area is 184 Å². The molecule has 2 N–H and O–H groups in total. The maximum Gasteiger partial charge on any atom is 0.270 e. The quantitative estimate of drug-likeness (QED) is 0.667. The van der Waals surface area contributed by atoms with E-state index < -0.39 is 0 Å². The highest BCUT2D eigenvalue weighted by atomic mass is 35.5. The normalized spacial score (nSPS) is 14.7. The first-order valence-corrected chi connectivity index (χ1v) is 11.1. The van der Waals surface area contributed by atoms with Crippen LogP contribution in [0.3, 0.4) is 0 Å². The van der Waals surface area contributed by atoms with Crippen LogP contribution in [0.25, 0.3) is 0 Å². The molecule has 1 fully saturated rings. The van der Waals surface area contributed by atoms with Gasteiger partial charge in [-0.1, -0.05) is 36.2 Å². The van der Waals surface area contributed by atoms with Crippen molar-refractivity contribution >= 4 is 57.2 Å². The number of rotatable bonds is 7. The molecule has 10 heteroatoms. The monoisotopic (exact) mass is 455 g/mol. The van der Waals surface area contributed by atoms with Crippen LogP contribution < -0.4 is 10.6 Å². The number of amides is 2. The number of hydrogen-bond donors (Lipinski definition) is 2. The third kappa shape index (κ3) is 5.82. The molecule has 1 saturated heterocycles. The summed E-state index contributed by atoms with van der Waals surface area (Å²) in [5.41, 5.74) is 0.911. The second-order valence-electron chi connectivity index (χ2n) is 6.59. The highest BCUT2D eigenvalue weighted by molar-refractivity contribution is 7.14. The summed E-state index contributed by atoms with van der Waals surface area (Å²) in [5, 5.41) is 8.84. The summed E-state index contributed by atoms with van der Waals surface area (Å²) in [6.45, 7) is 6.70. The number of hydrogen-bond acceptors (Lipinski definition) is 6. The van der Waals surface area contributed by atoms with Gasteiger partial charge in [-0.3, -0.25) is 9.59 Å². The first-order valence-electron chi connectivity index (χ1n) is 9.42. The Hall–Kier alpha value is -1.87. The fourth-order valence-electron chi connectivity index (χ4n) is 3.00. The number of benzene rings is 1. The molecule has 0 unspecified atom stereocenters. The summed E-state index contributed by atoms with van der Waals surface area (Å²) in [6.07, 6.45) is 0.283. The van der Waals surface area contributed by atoms with Gasteiger partial charge in [0.15, 0.2) is 5.13 Å². The predicted octanol–water partition coefficient (Wildman–Crippen LogP) is 3.48. The zero-order chi connectivity index (χ0) is 20.8. The van der Waals surface area contributed by atoms with Crippen molar-refractivity contribution in [2.45, 2.75) is 13.3 Å². The molecular weight excluding hydrogens is 433 g/mol. The van der Waals surface area contributed by atoms with Gasteiger partial charge >= 0.3 is 0 Å². The molecule has 2 aromatic rings. The van der Waals surface area contributed by atoms with Crippen LogP contribution in [0.1, 0.15) is 23.8 Å². The van der Waals surface area contributed by atoms with Crippen molar-refractivity contribution in [3.05, 3.63) is 39.3 Å². The number of halogens is 2. The Morgan fingerprint density at radius 1 is 1.21 bits per heavy atom. The summed E-state index contributed by atoms with van der Waals surface area (Å²) < 4.78 is 0. The van der Waals surface area contributed by atoms with Gasteiger partial charge in [-0.2, -0.15) is 0 Å². The van der Waals surface area contributed by atoms with Crippen molar-refractivity contribution in [2.75, 3.05) is 44.6 Å². The molecular formula is C19H23Cl2N5O2S. The van der Waals surface area contributed by atoms with Crippen LogP contribution in [0.5, 0.6) is 0 Å². The fraction of sp³-hybridized carbons (Fsp3) is 0.421. The Balaban J connectivity index is 1.45. The number of nitrogens with one attached hydrogen (secondary N) is 2. The number of likely N-dealkylation sites (N-methyl/N-ethyl adjacent to an activating group) is 1. The standard InChI is InChI=1S/C19H23Cl2N5O2S/c1-2-25-8-10-26(11-9-25)16(27)6-7-22-18(28)15-12-29-19(24-15)23-14-5-3-4-13(20)17(14)21/h3-5,12H,2,6-11H2,1H3,(H,22,28)(H,23,24). The topological polar surface area (TPSA) is 77.6 Å². The zero-order valence-corrected chi connectivity index (χ0v) is 18.4. The van der Waals surface area contributed by atoms with E-state index in [0.717, 1.165) is 32.7 Å². The van der Waals surface area contributed by atoms with E-state index in [1.165, 1.54) is 11.3 Å². The number of anilines is 2. The average molecular weight is 456 g/mol. The van der Waals surface area contributed by atoms with E-state index in [-0.39, 0.29) is 24.8 Å². The molecule has 7 nitrogen and oxygen atoms in total. The minimum atomic E-state index is -0.310. The maximum absolute atomic E-state index is 12.3. The molecule has 0 saturated carbocycles. The molecule has 1 aliphatic heterocycles. The van der Waals surface area contributed by atoms with Crippen LogP contribution >= 0.6 is 34.5 Å². The van der Waals surface area contributed by atoms with E-state index >= 15 is 0 Å². The Kier molecular flexibility index (Phi) is 7.71. The smallest absolute Gasteiger partial charge is 0.270 e. The summed E-state index contributed by atoms with van der Waals surface area (Å²) in [7, 11) is 0. The lowest BCUT2D eigenvalue weighted by Gasteiger charge is -2.34. The Morgan fingerprint density at radius 2 is 1.97 bits per heavy atom. The first-order chi connectivity index (χ1) is 14.0. The molecule has 1 aliphatic rings. The van der Waals surface area contributed by atoms with Gasteiger partial charge in [0, 0.05) is 44.5 Å². The molecule has 0 bridgehead atoms. The van der Waals surface area contributed by atoms with Gasteiger partial charge in [-0.25, -0.2) is 4.98 Å². The molecule has 29 heavy (non-hydrogen) atoms. The predicted molar refractivity (Wildman–Crippen MR) is 118 cm³/mol. The van der Waals surface area contributed by atoms with Crippen molar-refractivity contribution in [1.82, 2.24) is 20.1 Å². The van der Waals surface area contributed by atoms with E-state index in [0.29, 0.717) is 26.6 Å². The van der Waals surface area contributed by atoms with E-state index in [1.54, 1.807) is 23.6 Å². The third-order valence-electron chi connectivity index (χ3n) is 4.73. The first kappa shape index (κ1) is 21.8. The molecule has 0 radical (unpaired) electrons. The molecule has 156 valence electrons. The van der Waals surface area contributed by atoms with Gasteiger partial charge in [0.05, 0.1) is 15.7 Å². The number of carbonyl (C=O) groups is 2. The largest absolute Gasteiger partial charge is 0.350 e. The molecule has 3 rings (SSSR count). The number of nitrogens with zero attached hydrogens (tertiary/aromatic N) is 3. The lowest BCUT2D eigenvalue weighted by molar-refractivity contribution is -0.132. The van der Waals surface area contributed by atoms with Gasteiger partial charge in [-0.15, -0.1) is 11.3 Å². The van der Waals surface area contributed by atoms with E-state index in [1.807, 2.05) is 4.90 Å². The minimum absolute atomic E-state index is 0.0669. The minimum Gasteiger partial charge on any atom is -0.350 e. The number of carbonyl (C=O) groups excluding carboxylic acids is 2. The van der Waals surface area contributed by atoms with E-state index in [2.05, 4.69) is 27.4 Å². The lowest BCUT2D eigenvalue weighted by Crippen LogP contribution is -2.49. The number of aromatic nitrogens is 1. The molecule has 0 spiro atoms. The number of piperazine rings is 1. The van der Waals surface area contributed by atoms with Gasteiger partial charge in [0.25, 0.3) is 5.91 Å². The van der Waals surface area contributed by atoms with Crippen molar-refractivity contribution in [3.63, 3.8) is 0 Å². The van der Waals surface area contributed by atoms with Crippen LogP contribution in [0.2, 0.25) is 10.0 Å². The van der Waals surface area contributed by atoms with Crippen LogP contribution in [0.4, 0.5) is 10.8 Å². The van der Waals surface area contributed by atoms with E-state index in [9.17, 15) is 9.59 Å². The molecule has 1 aromatic heterocycles. The second-order valence-corrected chi connectivity index (χ2v) is 8.23. The average Bonchev–Trinajstić information content (AvgIpc) is 3.20. The fourth-order valence-corrected chi connectivity index (χ4v) is 4.05. The van der Waals surface area contributed by atoms with Gasteiger partial charge < -0.3 is 20.4 Å². The molecule has 0 aliphatic carbocycles. The maximum atomic E-state index is 12.3. The van der Waals surface area contributed by atoms with Crippen molar-refractivity contribution in [2.24, 2.45) is 0 Å². The molecule has 2 heterocycles. The van der Waals surface area contributed by atoms with Crippen molar-refractivity contribution < 1.29 is 9.59 Å². The van der Waals surface area contributed by atoms with Crippen LogP contribution in [-0.4, -0.2) is 65.9 Å². The summed E-state index contributed by atoms with van der Waals surface area (Å²) >= 11 is 13.4. The Morgan fingerprint density at radius 3 is 2.69 bits per heavy atom. The molecule has 0 atom stereocenters. The second kappa shape index (κ2) is 10.2. The van der Waals surface area contributed by atoms with Gasteiger partial charge in [0.2, 0.25) is 5.91 Å². The van der Waals surface area contributed by atoms with Crippen LogP contribution in [0.15, 0.2) is 23.6 Å². The van der Waals surface area contributed by atoms with Crippen LogP contribution in [0, 0.1) is 0 Å². The third-order valence-corrected chi connectivity index (χ3v) is 6.30. The van der Waals surface area contributed by atoms with Gasteiger partial charge in [0.1, 0.15) is 5.69 Å². The van der Waals surface area contributed by atoms with Crippen molar-refractivity contribution in [3.8, 4) is 0 Å². The van der Waals surface area contributed by atoms with E-state index in [4.69, 9.17) is 23.2 Å². The lowest BCUT2D eigenvalue weighted by atomic mass is 10.2. The Bertz CT molecular complexity index is 868. The molecule has 1 aromatic carbocycles. The zero-order valence-electron chi connectivity index (χ0n) is 16.1. The summed E-state index contributed by atoms with van der Waals surface area (Å²) in [5.74, 6) is -0.243. The number of thiazole rings is 1. The summed E-state index contributed by atoms with van der Waals surface area (Å²) in [6, 6.07) is 5.25. The summed E-state index contributed by atoms with van der Waals surface area (Å²) in [4.78, 5) is 33.0. The SMILES string of the molecule is CCN1CCN(C(=O)CCNC(=O)c2csc(Nc3cccc(Cl)c3Cl)n2)CC1. The highest BCUT2D eigenvalue weighted by Crippen LogP contribution is 2.32.